The molecule has 1 aliphatic heterocycles. The number of hydrogen-bond donors (Lipinski definition) is 2. The van der Waals surface area contributed by atoms with Crippen molar-refractivity contribution in [1.29, 1.82) is 0 Å². The molecule has 0 amide bonds. The lowest BCUT2D eigenvalue weighted by atomic mass is 10.1. The predicted octanol–water partition coefficient (Wildman–Crippen LogP) is 1.79. The zero-order chi connectivity index (χ0) is 11.5. The van der Waals surface area contributed by atoms with Gasteiger partial charge in [-0.2, -0.15) is 0 Å². The topological polar surface area (TPSA) is 49.8 Å². The molecular weight excluding hydrogens is 212 g/mol. The molecule has 2 aromatic rings. The van der Waals surface area contributed by atoms with Crippen LogP contribution in [0.3, 0.4) is 0 Å². The van der Waals surface area contributed by atoms with Crippen LogP contribution in [0, 0.1) is 0 Å². The third-order valence-electron chi connectivity index (χ3n) is 3.12. The van der Waals surface area contributed by atoms with Gasteiger partial charge in [0.1, 0.15) is 0 Å². The Morgan fingerprint density at radius 2 is 2.24 bits per heavy atom. The molecule has 88 valence electrons. The molecule has 1 saturated heterocycles. The maximum Gasteiger partial charge on any atom is 0.223 e. The first-order valence-electron chi connectivity index (χ1n) is 6.11. The monoisotopic (exact) mass is 228 g/mol. The number of para-hydroxylation sites is 1. The SMILES string of the molecule is c1ccc2nc(N[C@@H]3CCCNC3)ncc2c1. The van der Waals surface area contributed by atoms with Crippen LogP contribution < -0.4 is 10.6 Å². The fraction of sp³-hybridized carbons (Fsp3) is 0.385. The average Bonchev–Trinajstić information content (AvgIpc) is 2.40. The first-order valence-corrected chi connectivity index (χ1v) is 6.11. The lowest BCUT2D eigenvalue weighted by molar-refractivity contribution is 0.478. The molecule has 1 fully saturated rings. The molecule has 1 aromatic heterocycles. The van der Waals surface area contributed by atoms with Crippen LogP contribution in [-0.4, -0.2) is 29.1 Å². The number of nitrogens with zero attached hydrogens (tertiary/aromatic N) is 2. The summed E-state index contributed by atoms with van der Waals surface area (Å²) in [5, 5.41) is 7.85. The molecule has 0 bridgehead atoms. The molecule has 2 N–H and O–H groups in total. The molecule has 17 heavy (non-hydrogen) atoms. The number of anilines is 1. The van der Waals surface area contributed by atoms with Crippen molar-refractivity contribution in [2.24, 2.45) is 0 Å². The fourth-order valence-corrected chi connectivity index (χ4v) is 2.20. The highest BCUT2D eigenvalue weighted by atomic mass is 15.1. The van der Waals surface area contributed by atoms with E-state index in [9.17, 15) is 0 Å². The van der Waals surface area contributed by atoms with E-state index in [-0.39, 0.29) is 0 Å². The predicted molar refractivity (Wildman–Crippen MR) is 69.1 cm³/mol. The second-order valence-electron chi connectivity index (χ2n) is 4.44. The second-order valence-corrected chi connectivity index (χ2v) is 4.44. The van der Waals surface area contributed by atoms with E-state index in [1.165, 1.54) is 12.8 Å². The Bertz CT molecular complexity index is 506. The molecular formula is C13H16N4. The van der Waals surface area contributed by atoms with Gasteiger partial charge in [-0.1, -0.05) is 18.2 Å². The van der Waals surface area contributed by atoms with E-state index in [4.69, 9.17) is 0 Å². The molecule has 4 nitrogen and oxygen atoms in total. The van der Waals surface area contributed by atoms with Crippen LogP contribution in [0.15, 0.2) is 30.5 Å². The molecule has 1 aliphatic rings. The van der Waals surface area contributed by atoms with Crippen molar-refractivity contribution in [2.75, 3.05) is 18.4 Å². The largest absolute Gasteiger partial charge is 0.350 e. The van der Waals surface area contributed by atoms with E-state index in [1.807, 2.05) is 30.5 Å². The lowest BCUT2D eigenvalue weighted by Gasteiger charge is -2.23. The van der Waals surface area contributed by atoms with Crippen molar-refractivity contribution in [3.8, 4) is 0 Å². The maximum absolute atomic E-state index is 4.52. The Kier molecular flexibility index (Phi) is 2.88. The van der Waals surface area contributed by atoms with Crippen LogP contribution in [0.1, 0.15) is 12.8 Å². The highest BCUT2D eigenvalue weighted by Crippen LogP contribution is 2.13. The minimum atomic E-state index is 0.449. The highest BCUT2D eigenvalue weighted by molar-refractivity contribution is 5.78. The Hall–Kier alpha value is -1.68. The van der Waals surface area contributed by atoms with Crippen molar-refractivity contribution in [2.45, 2.75) is 18.9 Å². The van der Waals surface area contributed by atoms with Crippen molar-refractivity contribution in [1.82, 2.24) is 15.3 Å². The third-order valence-corrected chi connectivity index (χ3v) is 3.12. The molecule has 3 rings (SSSR count). The van der Waals surface area contributed by atoms with Gasteiger partial charge in [0, 0.05) is 24.2 Å². The van der Waals surface area contributed by atoms with Gasteiger partial charge >= 0.3 is 0 Å². The number of hydrogen-bond acceptors (Lipinski definition) is 4. The van der Waals surface area contributed by atoms with Crippen LogP contribution in [0.5, 0.6) is 0 Å². The Balaban J connectivity index is 1.80. The minimum Gasteiger partial charge on any atom is -0.350 e. The van der Waals surface area contributed by atoms with Gasteiger partial charge in [0.2, 0.25) is 5.95 Å². The molecule has 4 heteroatoms. The molecule has 2 heterocycles. The average molecular weight is 228 g/mol. The molecule has 0 unspecified atom stereocenters. The van der Waals surface area contributed by atoms with Crippen molar-refractivity contribution in [3.63, 3.8) is 0 Å². The molecule has 0 aliphatic carbocycles. The van der Waals surface area contributed by atoms with E-state index in [2.05, 4.69) is 20.6 Å². The van der Waals surface area contributed by atoms with Crippen molar-refractivity contribution < 1.29 is 0 Å². The standard InChI is InChI=1S/C13H16N4/c1-2-6-12-10(4-1)8-15-13(17-12)16-11-5-3-7-14-9-11/h1-2,4,6,8,11,14H,3,5,7,9H2,(H,15,16,17)/t11-/m1/s1. The Morgan fingerprint density at radius 3 is 3.12 bits per heavy atom. The normalized spacial score (nSPS) is 20.4. The number of fused-ring (bicyclic) bond motifs is 1. The van der Waals surface area contributed by atoms with Gasteiger partial charge in [-0.3, -0.25) is 0 Å². The van der Waals surface area contributed by atoms with E-state index in [1.54, 1.807) is 0 Å². The van der Waals surface area contributed by atoms with Crippen LogP contribution in [0.4, 0.5) is 5.95 Å². The van der Waals surface area contributed by atoms with Crippen molar-refractivity contribution in [3.05, 3.63) is 30.5 Å². The number of nitrogens with one attached hydrogen (secondary N) is 2. The van der Waals surface area contributed by atoms with Crippen LogP contribution in [0.2, 0.25) is 0 Å². The van der Waals surface area contributed by atoms with Crippen LogP contribution in [0.25, 0.3) is 10.9 Å². The highest BCUT2D eigenvalue weighted by Gasteiger charge is 2.13. The number of aromatic nitrogens is 2. The van der Waals surface area contributed by atoms with E-state index in [0.29, 0.717) is 6.04 Å². The number of rotatable bonds is 2. The van der Waals surface area contributed by atoms with Gasteiger partial charge in [0.15, 0.2) is 0 Å². The number of piperidine rings is 1. The summed E-state index contributed by atoms with van der Waals surface area (Å²) in [6.07, 6.45) is 4.27. The minimum absolute atomic E-state index is 0.449. The zero-order valence-corrected chi connectivity index (χ0v) is 9.69. The van der Waals surface area contributed by atoms with Gasteiger partial charge in [0.05, 0.1) is 5.52 Å². The molecule has 0 saturated carbocycles. The first kappa shape index (κ1) is 10.5. The quantitative estimate of drug-likeness (QED) is 0.823. The summed E-state index contributed by atoms with van der Waals surface area (Å²) in [5.41, 5.74) is 0.994. The van der Waals surface area contributed by atoms with Crippen molar-refractivity contribution >= 4 is 16.9 Å². The van der Waals surface area contributed by atoms with Gasteiger partial charge in [0.25, 0.3) is 0 Å². The maximum atomic E-state index is 4.52. The van der Waals surface area contributed by atoms with Gasteiger partial charge < -0.3 is 10.6 Å². The van der Waals surface area contributed by atoms with Crippen LogP contribution in [-0.2, 0) is 0 Å². The summed E-state index contributed by atoms with van der Waals surface area (Å²) in [5.74, 6) is 0.734. The molecule has 1 atom stereocenters. The van der Waals surface area contributed by atoms with E-state index < -0.39 is 0 Å². The molecule has 0 radical (unpaired) electrons. The summed E-state index contributed by atoms with van der Waals surface area (Å²) < 4.78 is 0. The third kappa shape index (κ3) is 2.36. The summed E-state index contributed by atoms with van der Waals surface area (Å²) in [6.45, 7) is 2.12. The van der Waals surface area contributed by atoms with Gasteiger partial charge in [-0.05, 0) is 25.5 Å². The van der Waals surface area contributed by atoms with Crippen LogP contribution >= 0.6 is 0 Å². The first-order chi connectivity index (χ1) is 8.42. The lowest BCUT2D eigenvalue weighted by Crippen LogP contribution is -2.38. The van der Waals surface area contributed by atoms with Gasteiger partial charge in [-0.25, -0.2) is 9.97 Å². The summed E-state index contributed by atoms with van der Waals surface area (Å²) >= 11 is 0. The summed E-state index contributed by atoms with van der Waals surface area (Å²) in [4.78, 5) is 8.87. The summed E-state index contributed by atoms with van der Waals surface area (Å²) in [7, 11) is 0. The zero-order valence-electron chi connectivity index (χ0n) is 9.69. The van der Waals surface area contributed by atoms with E-state index >= 15 is 0 Å². The van der Waals surface area contributed by atoms with Gasteiger partial charge in [-0.15, -0.1) is 0 Å². The summed E-state index contributed by atoms with van der Waals surface area (Å²) in [6, 6.07) is 8.50. The Labute approximate surface area is 100 Å². The fourth-order valence-electron chi connectivity index (χ4n) is 2.20. The molecule has 1 aromatic carbocycles. The second kappa shape index (κ2) is 4.67. The number of benzene rings is 1. The Morgan fingerprint density at radius 1 is 1.29 bits per heavy atom. The van der Waals surface area contributed by atoms with E-state index in [0.717, 1.165) is 29.9 Å². The smallest absolute Gasteiger partial charge is 0.223 e. The molecule has 0 spiro atoms.